The van der Waals surface area contributed by atoms with Crippen molar-refractivity contribution in [3.8, 4) is 17.6 Å². The molecule has 3 aromatic carbocycles. The monoisotopic (exact) mass is 814 g/mol. The van der Waals surface area contributed by atoms with Gasteiger partial charge in [0.1, 0.15) is 17.9 Å². The van der Waals surface area contributed by atoms with E-state index in [0.717, 1.165) is 68.0 Å². The van der Waals surface area contributed by atoms with Gasteiger partial charge in [0, 0.05) is 73.2 Å². The van der Waals surface area contributed by atoms with Gasteiger partial charge in [0.2, 0.25) is 17.5 Å². The quantitative estimate of drug-likeness (QED) is 0.174. The van der Waals surface area contributed by atoms with E-state index in [1.54, 1.807) is 30.3 Å². The highest BCUT2D eigenvalue weighted by Crippen LogP contribution is 2.37. The SMILES string of the molecule is [C-]#[N+]c1ccc(OC2CCN(C(=O)c3ccc(C#CC4CCN(C5CCN(c6ccc7c(c6)C(=O)N(C6CCC(=O)NC6=O)C7=O)CC5)CC4)cc3)CC2(C)C)cc1Cl. The second-order valence-electron chi connectivity index (χ2n) is 16.9. The molecular formula is C46H47ClN6O6. The summed E-state index contributed by atoms with van der Waals surface area (Å²) in [6, 6.07) is 17.6. The van der Waals surface area contributed by atoms with E-state index in [4.69, 9.17) is 22.9 Å². The lowest BCUT2D eigenvalue weighted by Crippen LogP contribution is -2.54. The first kappa shape index (κ1) is 40.1. The molecule has 1 N–H and O–H groups in total. The number of hydrogen-bond donors (Lipinski definition) is 1. The number of piperidine rings is 4. The zero-order valence-corrected chi connectivity index (χ0v) is 34.1. The number of ether oxygens (including phenoxy) is 1. The van der Waals surface area contributed by atoms with Crippen LogP contribution in [0.3, 0.4) is 0 Å². The molecule has 59 heavy (non-hydrogen) atoms. The zero-order chi connectivity index (χ0) is 41.4. The number of halogens is 1. The molecule has 13 heteroatoms. The molecule has 3 aromatic rings. The summed E-state index contributed by atoms with van der Waals surface area (Å²) in [5, 5.41) is 2.61. The molecule has 304 valence electrons. The Morgan fingerprint density at radius 1 is 0.864 bits per heavy atom. The molecule has 8 rings (SSSR count). The minimum atomic E-state index is -0.973. The van der Waals surface area contributed by atoms with Crippen molar-refractivity contribution >= 4 is 52.5 Å². The lowest BCUT2D eigenvalue weighted by atomic mass is 9.80. The number of carbonyl (C=O) groups is 5. The second-order valence-corrected chi connectivity index (χ2v) is 17.3. The number of imide groups is 2. The van der Waals surface area contributed by atoms with Crippen molar-refractivity contribution in [2.24, 2.45) is 11.3 Å². The van der Waals surface area contributed by atoms with Crippen LogP contribution in [0.5, 0.6) is 5.75 Å². The first-order chi connectivity index (χ1) is 28.4. The molecule has 0 spiro atoms. The van der Waals surface area contributed by atoms with E-state index in [0.29, 0.717) is 64.6 Å². The van der Waals surface area contributed by atoms with Crippen molar-refractivity contribution in [1.82, 2.24) is 20.0 Å². The van der Waals surface area contributed by atoms with Crippen molar-refractivity contribution < 1.29 is 28.7 Å². The molecule has 0 bridgehead atoms. The Morgan fingerprint density at radius 3 is 2.27 bits per heavy atom. The van der Waals surface area contributed by atoms with Crippen molar-refractivity contribution in [1.29, 1.82) is 0 Å². The fraction of sp³-hybridized carbons (Fsp3) is 0.435. The van der Waals surface area contributed by atoms with Gasteiger partial charge in [0.05, 0.1) is 22.7 Å². The average Bonchev–Trinajstić information content (AvgIpc) is 3.48. The highest BCUT2D eigenvalue weighted by atomic mass is 35.5. The minimum Gasteiger partial charge on any atom is -0.490 e. The van der Waals surface area contributed by atoms with Crippen molar-refractivity contribution in [2.45, 2.75) is 77.0 Å². The van der Waals surface area contributed by atoms with E-state index in [9.17, 15) is 24.0 Å². The predicted molar refractivity (Wildman–Crippen MR) is 222 cm³/mol. The number of benzene rings is 3. The number of amides is 5. The Balaban J connectivity index is 0.789. The summed E-state index contributed by atoms with van der Waals surface area (Å²) < 4.78 is 6.29. The largest absolute Gasteiger partial charge is 0.490 e. The fourth-order valence-electron chi connectivity index (χ4n) is 9.16. The van der Waals surface area contributed by atoms with Gasteiger partial charge in [-0.05, 0) is 99.8 Å². The Bertz CT molecular complexity index is 2290. The minimum absolute atomic E-state index is 0.00377. The molecule has 0 aliphatic carbocycles. The summed E-state index contributed by atoms with van der Waals surface area (Å²) in [6.45, 7) is 16.2. The van der Waals surface area contributed by atoms with Crippen LogP contribution in [0.2, 0.25) is 5.02 Å². The molecule has 4 saturated heterocycles. The number of nitrogens with one attached hydrogen (secondary N) is 1. The van der Waals surface area contributed by atoms with Crippen LogP contribution in [-0.4, -0.2) is 102 Å². The van der Waals surface area contributed by atoms with Gasteiger partial charge in [0.25, 0.3) is 17.7 Å². The molecule has 12 nitrogen and oxygen atoms in total. The van der Waals surface area contributed by atoms with Gasteiger partial charge in [-0.25, -0.2) is 4.85 Å². The van der Waals surface area contributed by atoms with Gasteiger partial charge < -0.3 is 19.4 Å². The van der Waals surface area contributed by atoms with Gasteiger partial charge in [-0.15, -0.1) is 0 Å². The van der Waals surface area contributed by atoms with Crippen LogP contribution in [0.1, 0.15) is 95.4 Å². The van der Waals surface area contributed by atoms with Crippen LogP contribution in [0.15, 0.2) is 60.7 Å². The van der Waals surface area contributed by atoms with Gasteiger partial charge in [-0.1, -0.05) is 43.4 Å². The summed E-state index contributed by atoms with van der Waals surface area (Å²) in [5.41, 5.74) is 3.13. The fourth-order valence-corrected chi connectivity index (χ4v) is 9.38. The number of hydrogen-bond acceptors (Lipinski definition) is 8. The van der Waals surface area contributed by atoms with E-state index < -0.39 is 29.7 Å². The van der Waals surface area contributed by atoms with Crippen LogP contribution in [-0.2, 0) is 9.59 Å². The van der Waals surface area contributed by atoms with E-state index in [-0.39, 0.29) is 30.3 Å². The van der Waals surface area contributed by atoms with Gasteiger partial charge >= 0.3 is 0 Å². The molecular weight excluding hydrogens is 768 g/mol. The third-order valence-electron chi connectivity index (χ3n) is 12.6. The summed E-state index contributed by atoms with van der Waals surface area (Å²) >= 11 is 6.23. The molecule has 4 fully saturated rings. The molecule has 2 unspecified atom stereocenters. The number of carbonyl (C=O) groups excluding carboxylic acids is 5. The van der Waals surface area contributed by atoms with E-state index in [1.165, 1.54) is 0 Å². The normalized spacial score (nSPS) is 22.6. The zero-order valence-electron chi connectivity index (χ0n) is 33.3. The van der Waals surface area contributed by atoms with Crippen LogP contribution in [0.25, 0.3) is 4.85 Å². The molecule has 5 aliphatic rings. The van der Waals surface area contributed by atoms with Crippen LogP contribution < -0.4 is 15.0 Å². The average molecular weight is 815 g/mol. The Labute approximate surface area is 349 Å². The molecule has 0 radical (unpaired) electrons. The van der Waals surface area contributed by atoms with Crippen LogP contribution in [0, 0.1) is 29.7 Å². The maximum Gasteiger partial charge on any atom is 0.262 e. The molecule has 5 amide bonds. The number of rotatable bonds is 6. The Hall–Kier alpha value is -5.69. The molecule has 0 saturated carbocycles. The maximum atomic E-state index is 13.5. The van der Waals surface area contributed by atoms with E-state index in [1.807, 2.05) is 35.2 Å². The van der Waals surface area contributed by atoms with Crippen LogP contribution in [0.4, 0.5) is 11.4 Å². The highest BCUT2D eigenvalue weighted by molar-refractivity contribution is 6.33. The first-order valence-corrected chi connectivity index (χ1v) is 20.9. The first-order valence-electron chi connectivity index (χ1n) is 20.5. The summed E-state index contributed by atoms with van der Waals surface area (Å²) in [6.07, 6.45) is 4.80. The van der Waals surface area contributed by atoms with E-state index in [2.05, 4.69) is 45.6 Å². The number of fused-ring (bicyclic) bond motifs is 1. The Morgan fingerprint density at radius 2 is 1.59 bits per heavy atom. The van der Waals surface area contributed by atoms with Gasteiger partial charge in [-0.2, -0.15) is 0 Å². The smallest absolute Gasteiger partial charge is 0.262 e. The summed E-state index contributed by atoms with van der Waals surface area (Å²) in [4.78, 5) is 75.2. The molecule has 5 heterocycles. The van der Waals surface area contributed by atoms with Gasteiger partial charge in [0.15, 0.2) is 0 Å². The van der Waals surface area contributed by atoms with Crippen molar-refractivity contribution in [2.75, 3.05) is 44.2 Å². The maximum absolute atomic E-state index is 13.5. The third kappa shape index (κ3) is 8.30. The third-order valence-corrected chi connectivity index (χ3v) is 12.9. The number of likely N-dealkylation sites (tertiary alicyclic amines) is 2. The second kappa shape index (κ2) is 16.5. The molecule has 2 atom stereocenters. The number of nitrogens with zero attached hydrogens (tertiary/aromatic N) is 5. The van der Waals surface area contributed by atoms with Crippen LogP contribution >= 0.6 is 11.6 Å². The standard InChI is InChI=1S/C46H47ClN6O6/c1-46(2)28-52(25-20-40(46)59-34-11-13-38(48-3)37(47)27-34)43(56)31-8-6-29(7-9-31)4-5-30-16-21-50(22-17-30)32-18-23-51(24-19-32)33-10-12-35-36(26-33)45(58)53(44(35)57)39-14-15-41(54)49-42(39)55/h6-13,26-27,30,32,39-40H,14-25,28H2,1-2H3,(H,49,54,55). The summed E-state index contributed by atoms with van der Waals surface area (Å²) in [5.74, 6) is 5.81. The predicted octanol–water partition coefficient (Wildman–Crippen LogP) is 6.34. The van der Waals surface area contributed by atoms with Crippen molar-refractivity contribution in [3.05, 3.63) is 99.4 Å². The molecule has 0 aromatic heterocycles. The Kier molecular flexibility index (Phi) is 11.2. The number of anilines is 1. The lowest BCUT2D eigenvalue weighted by Gasteiger charge is -2.44. The van der Waals surface area contributed by atoms with E-state index >= 15 is 0 Å². The highest BCUT2D eigenvalue weighted by Gasteiger charge is 2.45. The molecule has 5 aliphatic heterocycles. The van der Waals surface area contributed by atoms with Crippen molar-refractivity contribution in [3.63, 3.8) is 0 Å². The topological polar surface area (TPSA) is 124 Å². The van der Waals surface area contributed by atoms with Gasteiger partial charge in [-0.3, -0.25) is 34.2 Å². The lowest BCUT2D eigenvalue weighted by molar-refractivity contribution is -0.136. The summed E-state index contributed by atoms with van der Waals surface area (Å²) in [7, 11) is 0.